The van der Waals surface area contributed by atoms with Crippen molar-refractivity contribution < 1.29 is 9.59 Å². The van der Waals surface area contributed by atoms with Gasteiger partial charge < -0.3 is 14.4 Å². The van der Waals surface area contributed by atoms with E-state index in [2.05, 4.69) is 10.2 Å². The van der Waals surface area contributed by atoms with Gasteiger partial charge in [0.1, 0.15) is 0 Å². The first-order valence-electron chi connectivity index (χ1n) is 10.2. The Kier molecular flexibility index (Phi) is 4.50. The van der Waals surface area contributed by atoms with Gasteiger partial charge in [0.15, 0.2) is 5.82 Å². The van der Waals surface area contributed by atoms with Crippen LogP contribution in [0.3, 0.4) is 0 Å². The van der Waals surface area contributed by atoms with Crippen LogP contribution in [0.1, 0.15) is 46.1 Å². The summed E-state index contributed by atoms with van der Waals surface area (Å²) in [7, 11) is 0. The molecule has 3 heterocycles. The standard InChI is InChI=1S/C22H23N5O2/c28-21(18-9-8-16-6-2-3-7-17(16)14-18)26-12-13-27-19(15-26)23-24-20(27)22(29)25-10-4-1-5-11-25/h2-3,6-9,14H,1,4-5,10-13,15H2. The van der Waals surface area contributed by atoms with Gasteiger partial charge in [-0.25, -0.2) is 0 Å². The molecule has 0 radical (unpaired) electrons. The molecule has 5 rings (SSSR count). The van der Waals surface area contributed by atoms with Crippen molar-refractivity contribution >= 4 is 22.6 Å². The summed E-state index contributed by atoms with van der Waals surface area (Å²) in [5.41, 5.74) is 0.668. The van der Waals surface area contributed by atoms with E-state index >= 15 is 0 Å². The molecule has 0 saturated carbocycles. The lowest BCUT2D eigenvalue weighted by Gasteiger charge is -2.29. The van der Waals surface area contributed by atoms with Gasteiger partial charge in [0.25, 0.3) is 11.8 Å². The quantitative estimate of drug-likeness (QED) is 0.676. The van der Waals surface area contributed by atoms with Crippen molar-refractivity contribution in [2.75, 3.05) is 19.6 Å². The fraction of sp³-hybridized carbons (Fsp3) is 0.364. The molecule has 29 heavy (non-hydrogen) atoms. The van der Waals surface area contributed by atoms with Crippen LogP contribution in [0.25, 0.3) is 10.8 Å². The van der Waals surface area contributed by atoms with E-state index in [1.54, 1.807) is 4.90 Å². The second-order valence-corrected chi connectivity index (χ2v) is 7.73. The van der Waals surface area contributed by atoms with Crippen LogP contribution in [0.15, 0.2) is 42.5 Å². The molecule has 0 N–H and O–H groups in total. The fourth-order valence-corrected chi connectivity index (χ4v) is 4.23. The molecule has 2 aliphatic heterocycles. The lowest BCUT2D eigenvalue weighted by atomic mass is 10.1. The van der Waals surface area contributed by atoms with E-state index in [1.807, 2.05) is 51.9 Å². The number of aromatic nitrogens is 3. The number of likely N-dealkylation sites (tertiary alicyclic amines) is 1. The highest BCUT2D eigenvalue weighted by molar-refractivity contribution is 5.98. The number of piperidine rings is 1. The number of hydrogen-bond acceptors (Lipinski definition) is 4. The Bertz CT molecular complexity index is 1080. The first kappa shape index (κ1) is 17.8. The summed E-state index contributed by atoms with van der Waals surface area (Å²) in [6.45, 7) is 3.01. The summed E-state index contributed by atoms with van der Waals surface area (Å²) < 4.78 is 1.88. The lowest BCUT2D eigenvalue weighted by Crippen LogP contribution is -2.41. The van der Waals surface area contributed by atoms with Crippen LogP contribution in [0.2, 0.25) is 0 Å². The Balaban J connectivity index is 1.35. The minimum atomic E-state index is -0.0437. The summed E-state index contributed by atoms with van der Waals surface area (Å²) in [5, 5.41) is 10.5. The maximum Gasteiger partial charge on any atom is 0.291 e. The largest absolute Gasteiger partial charge is 0.336 e. The van der Waals surface area contributed by atoms with Crippen LogP contribution >= 0.6 is 0 Å². The molecule has 148 valence electrons. The third kappa shape index (κ3) is 3.26. The zero-order chi connectivity index (χ0) is 19.8. The molecule has 0 unspecified atom stereocenters. The zero-order valence-corrected chi connectivity index (χ0v) is 16.3. The number of fused-ring (bicyclic) bond motifs is 2. The van der Waals surface area contributed by atoms with Crippen LogP contribution < -0.4 is 0 Å². The summed E-state index contributed by atoms with van der Waals surface area (Å²) >= 11 is 0. The Morgan fingerprint density at radius 3 is 2.38 bits per heavy atom. The number of benzene rings is 2. The number of nitrogens with zero attached hydrogens (tertiary/aromatic N) is 5. The third-order valence-corrected chi connectivity index (χ3v) is 5.87. The molecule has 1 saturated heterocycles. The number of carbonyl (C=O) groups is 2. The molecule has 2 aromatic carbocycles. The molecule has 0 spiro atoms. The van der Waals surface area contributed by atoms with Crippen LogP contribution in [0, 0.1) is 0 Å². The molecular formula is C22H23N5O2. The maximum absolute atomic E-state index is 13.0. The first-order chi connectivity index (χ1) is 14.2. The van der Waals surface area contributed by atoms with Crippen molar-refractivity contribution in [1.29, 1.82) is 0 Å². The van der Waals surface area contributed by atoms with E-state index in [-0.39, 0.29) is 11.8 Å². The third-order valence-electron chi connectivity index (χ3n) is 5.87. The van der Waals surface area contributed by atoms with Gasteiger partial charge in [-0.2, -0.15) is 0 Å². The van der Waals surface area contributed by atoms with Gasteiger partial charge in [0, 0.05) is 31.7 Å². The van der Waals surface area contributed by atoms with Crippen LogP contribution in [-0.2, 0) is 13.1 Å². The van der Waals surface area contributed by atoms with Gasteiger partial charge in [-0.3, -0.25) is 9.59 Å². The van der Waals surface area contributed by atoms with Crippen LogP contribution in [0.4, 0.5) is 0 Å². The first-order valence-corrected chi connectivity index (χ1v) is 10.2. The summed E-state index contributed by atoms with van der Waals surface area (Å²) in [6.07, 6.45) is 3.26. The maximum atomic E-state index is 13.0. The molecule has 2 aliphatic rings. The van der Waals surface area contributed by atoms with Crippen molar-refractivity contribution in [2.24, 2.45) is 0 Å². The van der Waals surface area contributed by atoms with E-state index in [0.29, 0.717) is 36.8 Å². The van der Waals surface area contributed by atoms with Crippen molar-refractivity contribution in [3.63, 3.8) is 0 Å². The Hall–Kier alpha value is -3.22. The molecule has 2 amide bonds. The van der Waals surface area contributed by atoms with Gasteiger partial charge in [-0.15, -0.1) is 10.2 Å². The van der Waals surface area contributed by atoms with Crippen molar-refractivity contribution in [3.8, 4) is 0 Å². The van der Waals surface area contributed by atoms with E-state index in [9.17, 15) is 9.59 Å². The smallest absolute Gasteiger partial charge is 0.291 e. The molecule has 1 fully saturated rings. The van der Waals surface area contributed by atoms with Gasteiger partial charge in [0.05, 0.1) is 6.54 Å². The van der Waals surface area contributed by atoms with Crippen molar-refractivity contribution in [3.05, 3.63) is 59.7 Å². The molecule has 0 bridgehead atoms. The number of carbonyl (C=O) groups excluding carboxylic acids is 2. The SMILES string of the molecule is O=C(c1ccc2ccccc2c1)N1CCn2c(nnc2C(=O)N2CCCCC2)C1. The van der Waals surface area contributed by atoms with E-state index < -0.39 is 0 Å². The predicted molar refractivity (Wildman–Crippen MR) is 108 cm³/mol. The summed E-state index contributed by atoms with van der Waals surface area (Å²) in [5.74, 6) is 1.01. The number of rotatable bonds is 2. The molecule has 7 nitrogen and oxygen atoms in total. The molecule has 3 aromatic rings. The summed E-state index contributed by atoms with van der Waals surface area (Å²) in [4.78, 5) is 29.5. The Morgan fingerprint density at radius 1 is 0.759 bits per heavy atom. The average molecular weight is 389 g/mol. The van der Waals surface area contributed by atoms with Crippen molar-refractivity contribution in [2.45, 2.75) is 32.4 Å². The highest BCUT2D eigenvalue weighted by Crippen LogP contribution is 2.21. The normalized spacial score (nSPS) is 16.7. The molecular weight excluding hydrogens is 366 g/mol. The monoisotopic (exact) mass is 389 g/mol. The zero-order valence-electron chi connectivity index (χ0n) is 16.3. The van der Waals surface area contributed by atoms with Crippen LogP contribution in [0.5, 0.6) is 0 Å². The summed E-state index contributed by atoms with van der Waals surface area (Å²) in [6, 6.07) is 13.8. The lowest BCUT2D eigenvalue weighted by molar-refractivity contribution is 0.0685. The number of amides is 2. The van der Waals surface area contributed by atoms with E-state index in [1.165, 1.54) is 6.42 Å². The average Bonchev–Trinajstić information content (AvgIpc) is 3.21. The topological polar surface area (TPSA) is 71.3 Å². The van der Waals surface area contributed by atoms with Crippen molar-refractivity contribution in [1.82, 2.24) is 24.6 Å². The molecule has 0 aliphatic carbocycles. The Labute approximate surface area is 168 Å². The molecule has 0 atom stereocenters. The highest BCUT2D eigenvalue weighted by atomic mass is 16.2. The fourth-order valence-electron chi connectivity index (χ4n) is 4.23. The second-order valence-electron chi connectivity index (χ2n) is 7.73. The number of hydrogen-bond donors (Lipinski definition) is 0. The molecule has 7 heteroatoms. The van der Waals surface area contributed by atoms with Crippen LogP contribution in [-0.4, -0.2) is 56.0 Å². The highest BCUT2D eigenvalue weighted by Gasteiger charge is 2.30. The van der Waals surface area contributed by atoms with E-state index in [0.717, 1.165) is 36.7 Å². The Morgan fingerprint density at radius 2 is 1.55 bits per heavy atom. The predicted octanol–water partition coefficient (Wildman–Crippen LogP) is 2.71. The molecule has 1 aromatic heterocycles. The minimum absolute atomic E-state index is 0.0195. The van der Waals surface area contributed by atoms with Gasteiger partial charge in [-0.05, 0) is 42.2 Å². The van der Waals surface area contributed by atoms with E-state index in [4.69, 9.17) is 0 Å². The van der Waals surface area contributed by atoms with Gasteiger partial charge in [-0.1, -0.05) is 30.3 Å². The second kappa shape index (κ2) is 7.31. The minimum Gasteiger partial charge on any atom is -0.336 e. The van der Waals surface area contributed by atoms with Gasteiger partial charge in [0.2, 0.25) is 5.82 Å². The van der Waals surface area contributed by atoms with Gasteiger partial charge >= 0.3 is 0 Å².